The number of carbonyl (C=O) groups is 1. The number of amides is 1. The number of ether oxygens (including phenoxy) is 2. The van der Waals surface area contributed by atoms with E-state index in [1.807, 2.05) is 72.8 Å². The molecule has 3 aromatic rings. The SMILES string of the molecule is CC(C)(C)c1cccc(C(=O)N(c2ccccc2)c2ccccc2OCC2CO2)c1. The summed E-state index contributed by atoms with van der Waals surface area (Å²) in [7, 11) is 0. The van der Waals surface area contributed by atoms with E-state index in [9.17, 15) is 4.79 Å². The lowest BCUT2D eigenvalue weighted by Crippen LogP contribution is -2.27. The van der Waals surface area contributed by atoms with Gasteiger partial charge in [0.15, 0.2) is 0 Å². The molecule has 0 saturated carbocycles. The Kier molecular flexibility index (Phi) is 5.60. The largest absolute Gasteiger partial charge is 0.489 e. The molecule has 1 amide bonds. The lowest BCUT2D eigenvalue weighted by Gasteiger charge is -2.26. The van der Waals surface area contributed by atoms with Gasteiger partial charge < -0.3 is 9.47 Å². The molecule has 4 rings (SSSR count). The van der Waals surface area contributed by atoms with Gasteiger partial charge in [-0.15, -0.1) is 0 Å². The zero-order valence-corrected chi connectivity index (χ0v) is 17.7. The van der Waals surface area contributed by atoms with Gasteiger partial charge in [-0.2, -0.15) is 0 Å². The summed E-state index contributed by atoms with van der Waals surface area (Å²) in [5.41, 5.74) is 3.24. The van der Waals surface area contributed by atoms with Crippen molar-refractivity contribution in [3.8, 4) is 5.75 Å². The summed E-state index contributed by atoms with van der Waals surface area (Å²) in [6.45, 7) is 7.65. The Labute approximate surface area is 178 Å². The van der Waals surface area contributed by atoms with E-state index in [4.69, 9.17) is 9.47 Å². The Morgan fingerprint density at radius 3 is 2.40 bits per heavy atom. The predicted molar refractivity (Wildman–Crippen MR) is 120 cm³/mol. The summed E-state index contributed by atoms with van der Waals surface area (Å²) in [6, 6.07) is 25.2. The Bertz CT molecular complexity index is 1020. The topological polar surface area (TPSA) is 42.1 Å². The van der Waals surface area contributed by atoms with Crippen molar-refractivity contribution in [3.05, 3.63) is 90.0 Å². The summed E-state index contributed by atoms with van der Waals surface area (Å²) < 4.78 is 11.3. The first-order valence-electron chi connectivity index (χ1n) is 10.3. The second kappa shape index (κ2) is 8.33. The second-order valence-electron chi connectivity index (χ2n) is 8.54. The molecule has 0 bridgehead atoms. The standard InChI is InChI=1S/C26H27NO3/c1-26(2,3)20-11-9-10-19(16-20)25(28)27(21-12-5-4-6-13-21)23-14-7-8-15-24(23)30-18-22-17-29-22/h4-16,22H,17-18H2,1-3H3. The van der Waals surface area contributed by atoms with E-state index >= 15 is 0 Å². The Balaban J connectivity index is 1.76. The van der Waals surface area contributed by atoms with Crippen molar-refractivity contribution in [2.24, 2.45) is 0 Å². The number of benzene rings is 3. The van der Waals surface area contributed by atoms with Crippen molar-refractivity contribution in [1.29, 1.82) is 0 Å². The maximum absolute atomic E-state index is 13.8. The summed E-state index contributed by atoms with van der Waals surface area (Å²) in [4.78, 5) is 15.5. The summed E-state index contributed by atoms with van der Waals surface area (Å²) in [6.07, 6.45) is 0.141. The van der Waals surface area contributed by atoms with E-state index in [0.717, 1.165) is 23.5 Å². The van der Waals surface area contributed by atoms with E-state index in [2.05, 4.69) is 26.8 Å². The van der Waals surface area contributed by atoms with Crippen LogP contribution >= 0.6 is 0 Å². The number of hydrogen-bond donors (Lipinski definition) is 0. The molecule has 3 aromatic carbocycles. The molecular weight excluding hydrogens is 374 g/mol. The summed E-state index contributed by atoms with van der Waals surface area (Å²) in [5, 5.41) is 0. The number of carbonyl (C=O) groups excluding carboxylic acids is 1. The molecule has 1 atom stereocenters. The predicted octanol–water partition coefficient (Wildman–Crippen LogP) is 5.74. The van der Waals surface area contributed by atoms with E-state index < -0.39 is 0 Å². The Morgan fingerprint density at radius 1 is 1.00 bits per heavy atom. The van der Waals surface area contributed by atoms with Crippen molar-refractivity contribution in [2.75, 3.05) is 18.1 Å². The molecule has 1 aliphatic rings. The molecule has 1 unspecified atom stereocenters. The van der Waals surface area contributed by atoms with Gasteiger partial charge in [-0.25, -0.2) is 0 Å². The molecule has 1 heterocycles. The average molecular weight is 402 g/mol. The third-order valence-electron chi connectivity index (χ3n) is 5.13. The number of epoxide rings is 1. The Hall–Kier alpha value is -3.11. The first kappa shape index (κ1) is 20.2. The fourth-order valence-electron chi connectivity index (χ4n) is 3.30. The highest BCUT2D eigenvalue weighted by Gasteiger charge is 2.27. The molecule has 1 fully saturated rings. The van der Waals surface area contributed by atoms with Crippen LogP contribution in [0.15, 0.2) is 78.9 Å². The van der Waals surface area contributed by atoms with Crippen LogP contribution in [0.1, 0.15) is 36.7 Å². The van der Waals surface area contributed by atoms with Crippen LogP contribution < -0.4 is 9.64 Å². The monoisotopic (exact) mass is 401 g/mol. The molecule has 0 spiro atoms. The molecule has 0 aromatic heterocycles. The Morgan fingerprint density at radius 2 is 1.70 bits per heavy atom. The maximum atomic E-state index is 13.8. The normalized spacial score (nSPS) is 15.5. The molecule has 4 nitrogen and oxygen atoms in total. The third-order valence-corrected chi connectivity index (χ3v) is 5.13. The minimum absolute atomic E-state index is 0.0425. The molecule has 4 heteroatoms. The van der Waals surface area contributed by atoms with Gasteiger partial charge in [0.1, 0.15) is 18.5 Å². The van der Waals surface area contributed by atoms with Crippen molar-refractivity contribution in [1.82, 2.24) is 0 Å². The van der Waals surface area contributed by atoms with Gasteiger partial charge in [-0.05, 0) is 47.4 Å². The minimum atomic E-state index is -0.0916. The molecule has 0 aliphatic carbocycles. The van der Waals surface area contributed by atoms with Gasteiger partial charge in [-0.3, -0.25) is 9.69 Å². The summed E-state index contributed by atoms with van der Waals surface area (Å²) in [5.74, 6) is 0.572. The van der Waals surface area contributed by atoms with Crippen LogP contribution in [0, 0.1) is 0 Å². The summed E-state index contributed by atoms with van der Waals surface area (Å²) >= 11 is 0. The second-order valence-corrected chi connectivity index (χ2v) is 8.54. The van der Waals surface area contributed by atoms with Crippen LogP contribution in [0.25, 0.3) is 0 Å². The van der Waals surface area contributed by atoms with Crippen LogP contribution in [0.5, 0.6) is 5.75 Å². The lowest BCUT2D eigenvalue weighted by atomic mass is 9.86. The van der Waals surface area contributed by atoms with Crippen LogP contribution in [0.4, 0.5) is 11.4 Å². The van der Waals surface area contributed by atoms with Crippen LogP contribution in [0.2, 0.25) is 0 Å². The van der Waals surface area contributed by atoms with Gasteiger partial charge in [0, 0.05) is 11.3 Å². The van der Waals surface area contributed by atoms with Crippen molar-refractivity contribution in [3.63, 3.8) is 0 Å². The average Bonchev–Trinajstić information content (AvgIpc) is 3.58. The lowest BCUT2D eigenvalue weighted by molar-refractivity contribution is 0.0998. The molecule has 1 aliphatic heterocycles. The van der Waals surface area contributed by atoms with Gasteiger partial charge in [-0.1, -0.05) is 63.2 Å². The maximum Gasteiger partial charge on any atom is 0.262 e. The highest BCUT2D eigenvalue weighted by molar-refractivity contribution is 6.11. The first-order chi connectivity index (χ1) is 14.4. The van der Waals surface area contributed by atoms with Crippen molar-refractivity contribution >= 4 is 17.3 Å². The molecule has 0 N–H and O–H groups in total. The highest BCUT2D eigenvalue weighted by Crippen LogP contribution is 2.36. The van der Waals surface area contributed by atoms with Gasteiger partial charge in [0.25, 0.3) is 5.91 Å². The molecule has 1 saturated heterocycles. The van der Waals surface area contributed by atoms with E-state index in [0.29, 0.717) is 17.9 Å². The zero-order valence-electron chi connectivity index (χ0n) is 17.7. The van der Waals surface area contributed by atoms with E-state index in [1.54, 1.807) is 4.90 Å². The fourth-order valence-corrected chi connectivity index (χ4v) is 3.30. The van der Waals surface area contributed by atoms with Crippen molar-refractivity contribution < 1.29 is 14.3 Å². The highest BCUT2D eigenvalue weighted by atomic mass is 16.6. The van der Waals surface area contributed by atoms with E-state index in [-0.39, 0.29) is 17.4 Å². The van der Waals surface area contributed by atoms with Gasteiger partial charge >= 0.3 is 0 Å². The molecule has 30 heavy (non-hydrogen) atoms. The number of anilines is 2. The van der Waals surface area contributed by atoms with Gasteiger partial charge in [0.05, 0.1) is 12.3 Å². The van der Waals surface area contributed by atoms with Crippen LogP contribution in [-0.2, 0) is 10.2 Å². The number of para-hydroxylation sites is 3. The zero-order chi connectivity index (χ0) is 21.1. The molecule has 154 valence electrons. The smallest absolute Gasteiger partial charge is 0.262 e. The molecular formula is C26H27NO3. The van der Waals surface area contributed by atoms with E-state index in [1.165, 1.54) is 0 Å². The molecule has 0 radical (unpaired) electrons. The quantitative estimate of drug-likeness (QED) is 0.495. The minimum Gasteiger partial charge on any atom is -0.489 e. The van der Waals surface area contributed by atoms with Crippen LogP contribution in [-0.4, -0.2) is 25.2 Å². The first-order valence-corrected chi connectivity index (χ1v) is 10.3. The van der Waals surface area contributed by atoms with Crippen LogP contribution in [0.3, 0.4) is 0 Å². The van der Waals surface area contributed by atoms with Crippen molar-refractivity contribution in [2.45, 2.75) is 32.3 Å². The fraction of sp³-hybridized carbons (Fsp3) is 0.269. The third kappa shape index (κ3) is 4.55. The number of nitrogens with zero attached hydrogens (tertiary/aromatic N) is 1. The number of hydrogen-bond acceptors (Lipinski definition) is 3. The van der Waals surface area contributed by atoms with Gasteiger partial charge in [0.2, 0.25) is 0 Å². The number of rotatable bonds is 6.